The van der Waals surface area contributed by atoms with Crippen LogP contribution in [0.2, 0.25) is 0 Å². The first-order valence-electron chi connectivity index (χ1n) is 5.49. The highest BCUT2D eigenvalue weighted by Gasteiger charge is 2.03. The second kappa shape index (κ2) is 6.90. The van der Waals surface area contributed by atoms with Gasteiger partial charge in [0.1, 0.15) is 0 Å². The number of benzene rings is 1. The van der Waals surface area contributed by atoms with Gasteiger partial charge in [-0.05, 0) is 37.6 Å². The van der Waals surface area contributed by atoms with Crippen LogP contribution in [0.15, 0.2) is 24.3 Å². The molecule has 0 bridgehead atoms. The van der Waals surface area contributed by atoms with E-state index in [9.17, 15) is 0 Å². The van der Waals surface area contributed by atoms with E-state index in [4.69, 9.17) is 15.2 Å². The predicted molar refractivity (Wildman–Crippen MR) is 66.9 cm³/mol. The van der Waals surface area contributed by atoms with Crippen molar-refractivity contribution in [2.24, 2.45) is 5.73 Å². The molecule has 2 N–H and O–H groups in total. The maximum absolute atomic E-state index is 5.49. The molecule has 3 heteroatoms. The van der Waals surface area contributed by atoms with E-state index < -0.39 is 0 Å². The van der Waals surface area contributed by atoms with Crippen LogP contribution in [0.1, 0.15) is 18.9 Å². The maximum Gasteiger partial charge on any atom is 0.161 e. The van der Waals surface area contributed by atoms with Crippen LogP contribution in [0, 0.1) is 0 Å². The van der Waals surface area contributed by atoms with E-state index in [1.165, 1.54) is 0 Å². The zero-order valence-electron chi connectivity index (χ0n) is 9.90. The van der Waals surface area contributed by atoms with Crippen LogP contribution in [0.4, 0.5) is 0 Å². The minimum Gasteiger partial charge on any atom is -0.493 e. The fraction of sp³-hybridized carbons (Fsp3) is 0.385. The summed E-state index contributed by atoms with van der Waals surface area (Å²) < 4.78 is 10.7. The molecule has 0 saturated heterocycles. The van der Waals surface area contributed by atoms with E-state index in [0.29, 0.717) is 13.2 Å². The standard InChI is InChI=1S/C13H19NO2/c1-3-16-13-10-11(6-4-5-9-14)7-8-12(13)15-2/h4,6-8,10H,3,5,9,14H2,1-2H3. The number of ether oxygens (including phenoxy) is 2. The largest absolute Gasteiger partial charge is 0.493 e. The lowest BCUT2D eigenvalue weighted by Crippen LogP contribution is -1.96. The van der Waals surface area contributed by atoms with Gasteiger partial charge in [0.25, 0.3) is 0 Å². The lowest BCUT2D eigenvalue weighted by Gasteiger charge is -2.09. The van der Waals surface area contributed by atoms with Gasteiger partial charge in [0.15, 0.2) is 11.5 Å². The summed E-state index contributed by atoms with van der Waals surface area (Å²) in [7, 11) is 1.64. The molecule has 1 aromatic carbocycles. The van der Waals surface area contributed by atoms with Crippen LogP contribution in [0.5, 0.6) is 11.5 Å². The van der Waals surface area contributed by atoms with Crippen molar-refractivity contribution in [2.45, 2.75) is 13.3 Å². The average molecular weight is 221 g/mol. The monoisotopic (exact) mass is 221 g/mol. The van der Waals surface area contributed by atoms with Crippen LogP contribution in [0.25, 0.3) is 6.08 Å². The highest BCUT2D eigenvalue weighted by Crippen LogP contribution is 2.28. The molecule has 1 aromatic rings. The van der Waals surface area contributed by atoms with Crippen LogP contribution in [-0.2, 0) is 0 Å². The molecule has 0 heterocycles. The van der Waals surface area contributed by atoms with Crippen molar-refractivity contribution in [3.8, 4) is 11.5 Å². The van der Waals surface area contributed by atoms with Gasteiger partial charge in [-0.3, -0.25) is 0 Å². The fourth-order valence-corrected chi connectivity index (χ4v) is 1.38. The lowest BCUT2D eigenvalue weighted by atomic mass is 10.2. The number of hydrogen-bond acceptors (Lipinski definition) is 3. The third-order valence-electron chi connectivity index (χ3n) is 2.13. The number of methoxy groups -OCH3 is 1. The van der Waals surface area contributed by atoms with Crippen LogP contribution in [0.3, 0.4) is 0 Å². The molecule has 16 heavy (non-hydrogen) atoms. The quantitative estimate of drug-likeness (QED) is 0.802. The maximum atomic E-state index is 5.49. The van der Waals surface area contributed by atoms with Gasteiger partial charge in [-0.2, -0.15) is 0 Å². The SMILES string of the molecule is CCOc1cc(C=CCCN)ccc1OC. The summed E-state index contributed by atoms with van der Waals surface area (Å²) in [5.74, 6) is 1.54. The Kier molecular flexibility index (Phi) is 5.43. The van der Waals surface area contributed by atoms with Gasteiger partial charge < -0.3 is 15.2 Å². The van der Waals surface area contributed by atoms with Crippen LogP contribution >= 0.6 is 0 Å². The molecule has 0 aliphatic rings. The van der Waals surface area contributed by atoms with E-state index in [0.717, 1.165) is 23.5 Å². The zero-order valence-corrected chi connectivity index (χ0v) is 9.90. The molecule has 0 fully saturated rings. The Morgan fingerprint density at radius 3 is 2.75 bits per heavy atom. The van der Waals surface area contributed by atoms with Crippen molar-refractivity contribution in [1.82, 2.24) is 0 Å². The van der Waals surface area contributed by atoms with E-state index in [1.54, 1.807) is 7.11 Å². The topological polar surface area (TPSA) is 44.5 Å². The van der Waals surface area contributed by atoms with E-state index in [1.807, 2.05) is 31.2 Å². The summed E-state index contributed by atoms with van der Waals surface area (Å²) in [6.07, 6.45) is 4.97. The Morgan fingerprint density at radius 1 is 1.31 bits per heavy atom. The minimum atomic E-state index is 0.631. The Bertz CT molecular complexity index is 348. The fourth-order valence-electron chi connectivity index (χ4n) is 1.38. The van der Waals surface area contributed by atoms with Crippen LogP contribution in [-0.4, -0.2) is 20.3 Å². The van der Waals surface area contributed by atoms with Gasteiger partial charge >= 0.3 is 0 Å². The first kappa shape index (κ1) is 12.6. The molecular weight excluding hydrogens is 202 g/mol. The molecule has 1 rings (SSSR count). The van der Waals surface area contributed by atoms with Gasteiger partial charge in [-0.1, -0.05) is 18.2 Å². The van der Waals surface area contributed by atoms with Crippen LogP contribution < -0.4 is 15.2 Å². The molecule has 0 aliphatic heterocycles. The van der Waals surface area contributed by atoms with Crippen molar-refractivity contribution in [3.05, 3.63) is 29.8 Å². The lowest BCUT2D eigenvalue weighted by molar-refractivity contribution is 0.311. The molecule has 0 spiro atoms. The van der Waals surface area contributed by atoms with E-state index in [-0.39, 0.29) is 0 Å². The summed E-state index contributed by atoms with van der Waals surface area (Å²) in [5.41, 5.74) is 6.52. The molecule has 0 atom stereocenters. The molecule has 0 amide bonds. The van der Waals surface area contributed by atoms with Crippen molar-refractivity contribution >= 4 is 6.08 Å². The van der Waals surface area contributed by atoms with E-state index >= 15 is 0 Å². The van der Waals surface area contributed by atoms with Gasteiger partial charge in [-0.15, -0.1) is 0 Å². The molecule has 3 nitrogen and oxygen atoms in total. The van der Waals surface area contributed by atoms with E-state index in [2.05, 4.69) is 6.08 Å². The molecular formula is C13H19NO2. The summed E-state index contributed by atoms with van der Waals surface area (Å²) in [5, 5.41) is 0. The molecule has 0 aliphatic carbocycles. The Hall–Kier alpha value is -1.48. The summed E-state index contributed by atoms with van der Waals surface area (Å²) in [4.78, 5) is 0. The summed E-state index contributed by atoms with van der Waals surface area (Å²) in [6.45, 7) is 3.26. The third kappa shape index (κ3) is 3.59. The molecule has 0 aromatic heterocycles. The first-order chi connectivity index (χ1) is 7.81. The molecule has 0 unspecified atom stereocenters. The van der Waals surface area contributed by atoms with Crippen molar-refractivity contribution in [1.29, 1.82) is 0 Å². The third-order valence-corrected chi connectivity index (χ3v) is 2.13. The number of nitrogens with two attached hydrogens (primary N) is 1. The Balaban J connectivity index is 2.84. The minimum absolute atomic E-state index is 0.631. The zero-order chi connectivity index (χ0) is 11.8. The highest BCUT2D eigenvalue weighted by atomic mass is 16.5. The second-order valence-electron chi connectivity index (χ2n) is 3.32. The van der Waals surface area contributed by atoms with Gasteiger partial charge in [0.2, 0.25) is 0 Å². The van der Waals surface area contributed by atoms with Gasteiger partial charge in [0.05, 0.1) is 13.7 Å². The second-order valence-corrected chi connectivity index (χ2v) is 3.32. The first-order valence-corrected chi connectivity index (χ1v) is 5.49. The number of rotatable bonds is 6. The molecule has 88 valence electrons. The Morgan fingerprint density at radius 2 is 2.12 bits per heavy atom. The smallest absolute Gasteiger partial charge is 0.161 e. The average Bonchev–Trinajstić information content (AvgIpc) is 2.30. The van der Waals surface area contributed by atoms with Crippen molar-refractivity contribution < 1.29 is 9.47 Å². The highest BCUT2D eigenvalue weighted by molar-refractivity contribution is 5.55. The van der Waals surface area contributed by atoms with Gasteiger partial charge in [-0.25, -0.2) is 0 Å². The summed E-state index contributed by atoms with van der Waals surface area (Å²) >= 11 is 0. The number of hydrogen-bond donors (Lipinski definition) is 1. The van der Waals surface area contributed by atoms with Gasteiger partial charge in [0, 0.05) is 0 Å². The molecule has 0 radical (unpaired) electrons. The van der Waals surface area contributed by atoms with Crippen molar-refractivity contribution in [2.75, 3.05) is 20.3 Å². The predicted octanol–water partition coefficient (Wildman–Crippen LogP) is 2.46. The Labute approximate surface area is 96.9 Å². The normalized spacial score (nSPS) is 10.7. The van der Waals surface area contributed by atoms with Crippen molar-refractivity contribution in [3.63, 3.8) is 0 Å². The molecule has 0 saturated carbocycles. The summed E-state index contributed by atoms with van der Waals surface area (Å²) in [6, 6.07) is 5.87.